The molecule has 5 heteroatoms. The van der Waals surface area contributed by atoms with E-state index in [9.17, 15) is 9.59 Å². The third-order valence-corrected chi connectivity index (χ3v) is 2.94. The molecule has 0 aliphatic heterocycles. The fourth-order valence-corrected chi connectivity index (χ4v) is 1.50. The first kappa shape index (κ1) is 18.7. The van der Waals surface area contributed by atoms with E-state index in [0.29, 0.717) is 12.5 Å². The molecule has 0 bridgehead atoms. The SMILES string of the molecule is CCC(C)CNC(=O)[C@@H](NC(=O)OC(C)(C)C)C(C)C. The van der Waals surface area contributed by atoms with Crippen LogP contribution in [0.4, 0.5) is 4.79 Å². The van der Waals surface area contributed by atoms with Gasteiger partial charge in [0.1, 0.15) is 11.6 Å². The molecule has 0 aliphatic rings. The Morgan fingerprint density at radius 1 is 1.15 bits per heavy atom. The molecule has 0 saturated heterocycles. The Bertz CT molecular complexity index is 322. The van der Waals surface area contributed by atoms with Crippen molar-refractivity contribution in [2.45, 2.75) is 66.5 Å². The average Bonchev–Trinajstić information content (AvgIpc) is 2.29. The fourth-order valence-electron chi connectivity index (χ4n) is 1.50. The van der Waals surface area contributed by atoms with E-state index in [2.05, 4.69) is 24.5 Å². The molecule has 2 atom stereocenters. The Hall–Kier alpha value is -1.26. The molecule has 0 radical (unpaired) electrons. The molecule has 0 heterocycles. The van der Waals surface area contributed by atoms with E-state index in [1.807, 2.05) is 13.8 Å². The Balaban J connectivity index is 4.49. The predicted molar refractivity (Wildman–Crippen MR) is 80.5 cm³/mol. The minimum atomic E-state index is -0.575. The van der Waals surface area contributed by atoms with Crippen molar-refractivity contribution in [2.24, 2.45) is 11.8 Å². The highest BCUT2D eigenvalue weighted by Gasteiger charge is 2.26. The van der Waals surface area contributed by atoms with Gasteiger partial charge in [0.05, 0.1) is 0 Å². The van der Waals surface area contributed by atoms with Crippen LogP contribution in [0.25, 0.3) is 0 Å². The highest BCUT2D eigenvalue weighted by Crippen LogP contribution is 2.09. The van der Waals surface area contributed by atoms with Crippen molar-refractivity contribution in [1.29, 1.82) is 0 Å². The van der Waals surface area contributed by atoms with Crippen LogP contribution in [0.3, 0.4) is 0 Å². The monoisotopic (exact) mass is 286 g/mol. The second kappa shape index (κ2) is 8.12. The van der Waals surface area contributed by atoms with E-state index in [1.165, 1.54) is 0 Å². The second-order valence-corrected chi connectivity index (χ2v) is 6.63. The maximum absolute atomic E-state index is 12.1. The lowest BCUT2D eigenvalue weighted by Crippen LogP contribution is -2.51. The molecule has 0 fully saturated rings. The van der Waals surface area contributed by atoms with Gasteiger partial charge in [-0.1, -0.05) is 34.1 Å². The summed E-state index contributed by atoms with van der Waals surface area (Å²) in [6.07, 6.45) is 0.446. The third-order valence-electron chi connectivity index (χ3n) is 2.94. The highest BCUT2D eigenvalue weighted by atomic mass is 16.6. The minimum absolute atomic E-state index is 0.000508. The van der Waals surface area contributed by atoms with Crippen molar-refractivity contribution >= 4 is 12.0 Å². The molecule has 0 rings (SSSR count). The van der Waals surface area contributed by atoms with Crippen molar-refractivity contribution in [1.82, 2.24) is 10.6 Å². The third kappa shape index (κ3) is 8.02. The van der Waals surface area contributed by atoms with Gasteiger partial charge in [0.2, 0.25) is 5.91 Å². The minimum Gasteiger partial charge on any atom is -0.444 e. The zero-order valence-electron chi connectivity index (χ0n) is 13.9. The van der Waals surface area contributed by atoms with Crippen LogP contribution < -0.4 is 10.6 Å². The zero-order valence-corrected chi connectivity index (χ0v) is 13.9. The number of ether oxygens (including phenoxy) is 1. The van der Waals surface area contributed by atoms with Crippen LogP contribution in [0.1, 0.15) is 54.9 Å². The molecule has 2 amide bonds. The zero-order chi connectivity index (χ0) is 15.9. The van der Waals surface area contributed by atoms with Crippen LogP contribution in [0.5, 0.6) is 0 Å². The lowest BCUT2D eigenvalue weighted by atomic mass is 10.0. The molecule has 2 N–H and O–H groups in total. The van der Waals surface area contributed by atoms with Crippen molar-refractivity contribution in [2.75, 3.05) is 6.54 Å². The van der Waals surface area contributed by atoms with Crippen LogP contribution in [0.15, 0.2) is 0 Å². The van der Waals surface area contributed by atoms with Crippen LogP contribution in [0, 0.1) is 11.8 Å². The number of rotatable bonds is 6. The molecule has 0 saturated carbocycles. The Morgan fingerprint density at radius 2 is 1.70 bits per heavy atom. The van der Waals surface area contributed by atoms with Gasteiger partial charge in [-0.05, 0) is 32.6 Å². The van der Waals surface area contributed by atoms with Gasteiger partial charge in [0.25, 0.3) is 0 Å². The molecular formula is C15H30N2O3. The van der Waals surface area contributed by atoms with E-state index in [0.717, 1.165) is 6.42 Å². The number of hydrogen-bond acceptors (Lipinski definition) is 3. The summed E-state index contributed by atoms with van der Waals surface area (Å²) in [5, 5.41) is 5.52. The highest BCUT2D eigenvalue weighted by molar-refractivity contribution is 5.85. The summed E-state index contributed by atoms with van der Waals surface area (Å²) in [5.41, 5.74) is -0.571. The quantitative estimate of drug-likeness (QED) is 0.789. The van der Waals surface area contributed by atoms with E-state index < -0.39 is 17.7 Å². The van der Waals surface area contributed by atoms with E-state index in [1.54, 1.807) is 20.8 Å². The molecular weight excluding hydrogens is 256 g/mol. The topological polar surface area (TPSA) is 67.4 Å². The van der Waals surface area contributed by atoms with Gasteiger partial charge in [-0.25, -0.2) is 4.79 Å². The summed E-state index contributed by atoms with van der Waals surface area (Å²) in [6, 6.07) is -0.575. The summed E-state index contributed by atoms with van der Waals surface area (Å²) >= 11 is 0. The molecule has 20 heavy (non-hydrogen) atoms. The first-order valence-corrected chi connectivity index (χ1v) is 7.34. The number of hydrogen-bond donors (Lipinski definition) is 2. The lowest BCUT2D eigenvalue weighted by molar-refractivity contribution is -0.124. The van der Waals surface area contributed by atoms with Gasteiger partial charge >= 0.3 is 6.09 Å². The van der Waals surface area contributed by atoms with Crippen molar-refractivity contribution in [3.05, 3.63) is 0 Å². The molecule has 0 aromatic heterocycles. The normalized spacial score (nSPS) is 14.6. The maximum Gasteiger partial charge on any atom is 0.408 e. The lowest BCUT2D eigenvalue weighted by Gasteiger charge is -2.25. The Morgan fingerprint density at radius 3 is 2.10 bits per heavy atom. The first-order chi connectivity index (χ1) is 9.06. The van der Waals surface area contributed by atoms with Gasteiger partial charge in [-0.2, -0.15) is 0 Å². The standard InChI is InChI=1S/C15H30N2O3/c1-8-11(4)9-16-13(18)12(10(2)3)17-14(19)20-15(5,6)7/h10-12H,8-9H2,1-7H3,(H,16,18)(H,17,19)/t11?,12-/m0/s1. The number of nitrogens with one attached hydrogen (secondary N) is 2. The predicted octanol–water partition coefficient (Wildman–Crippen LogP) is 2.70. The summed E-state index contributed by atoms with van der Waals surface area (Å²) in [7, 11) is 0. The average molecular weight is 286 g/mol. The summed E-state index contributed by atoms with van der Waals surface area (Å²) in [4.78, 5) is 23.9. The summed E-state index contributed by atoms with van der Waals surface area (Å²) < 4.78 is 5.19. The Kier molecular flexibility index (Phi) is 7.61. The van der Waals surface area contributed by atoms with Gasteiger partial charge in [-0.15, -0.1) is 0 Å². The van der Waals surface area contributed by atoms with Crippen molar-refractivity contribution in [3.63, 3.8) is 0 Å². The van der Waals surface area contributed by atoms with Crippen LogP contribution >= 0.6 is 0 Å². The number of carbonyl (C=O) groups excluding carboxylic acids is 2. The van der Waals surface area contributed by atoms with Crippen molar-refractivity contribution < 1.29 is 14.3 Å². The number of amides is 2. The first-order valence-electron chi connectivity index (χ1n) is 7.34. The molecule has 0 spiro atoms. The van der Waals surface area contributed by atoms with Gasteiger partial charge in [0, 0.05) is 6.54 Å². The summed E-state index contributed by atoms with van der Waals surface area (Å²) in [5.74, 6) is 0.263. The smallest absolute Gasteiger partial charge is 0.408 e. The van der Waals surface area contributed by atoms with E-state index in [-0.39, 0.29) is 11.8 Å². The molecule has 1 unspecified atom stereocenters. The molecule has 0 aromatic carbocycles. The maximum atomic E-state index is 12.1. The molecule has 118 valence electrons. The Labute approximate surface area is 122 Å². The van der Waals surface area contributed by atoms with Crippen LogP contribution in [0.2, 0.25) is 0 Å². The second-order valence-electron chi connectivity index (χ2n) is 6.63. The molecule has 0 aliphatic carbocycles. The largest absolute Gasteiger partial charge is 0.444 e. The van der Waals surface area contributed by atoms with Crippen molar-refractivity contribution in [3.8, 4) is 0 Å². The van der Waals surface area contributed by atoms with Gasteiger partial charge < -0.3 is 15.4 Å². The molecule has 0 aromatic rings. The summed E-state index contributed by atoms with van der Waals surface area (Å²) in [6.45, 7) is 13.9. The number of alkyl carbamates (subject to hydrolysis) is 1. The van der Waals surface area contributed by atoms with Gasteiger partial charge in [-0.3, -0.25) is 4.79 Å². The van der Waals surface area contributed by atoms with E-state index >= 15 is 0 Å². The van der Waals surface area contributed by atoms with Crippen LogP contribution in [-0.4, -0.2) is 30.2 Å². The fraction of sp³-hybridized carbons (Fsp3) is 0.867. The molecule has 5 nitrogen and oxygen atoms in total. The number of carbonyl (C=O) groups is 2. The van der Waals surface area contributed by atoms with Gasteiger partial charge in [0.15, 0.2) is 0 Å². The van der Waals surface area contributed by atoms with E-state index in [4.69, 9.17) is 4.74 Å². The van der Waals surface area contributed by atoms with Crippen LogP contribution in [-0.2, 0) is 9.53 Å².